The fourth-order valence-corrected chi connectivity index (χ4v) is 1.97. The molecule has 1 aliphatic carbocycles. The standard InChI is InChI=1S/C6H11N7O2S/c7-12-10-5-2-1-3-6(4-5,11-13-8)16(9,14)15/h1,3-4H,2H2,(H2,7,10)(H2,8,11)(H2,9,14,15). The smallest absolute Gasteiger partial charge is 0.244 e. The summed E-state index contributed by atoms with van der Waals surface area (Å²) in [6, 6.07) is 0. The molecule has 0 aromatic rings. The molecule has 10 heteroatoms. The van der Waals surface area contributed by atoms with E-state index in [4.69, 9.17) is 16.8 Å². The maximum absolute atomic E-state index is 11.4. The zero-order valence-electron chi connectivity index (χ0n) is 8.18. The van der Waals surface area contributed by atoms with Crippen molar-refractivity contribution in [2.75, 3.05) is 0 Å². The Morgan fingerprint density at radius 1 is 1.31 bits per heavy atom. The molecule has 0 fully saturated rings. The average Bonchev–Trinajstić information content (AvgIpc) is 2.17. The van der Waals surface area contributed by atoms with Crippen LogP contribution >= 0.6 is 0 Å². The van der Waals surface area contributed by atoms with E-state index in [2.05, 4.69) is 20.7 Å². The van der Waals surface area contributed by atoms with Gasteiger partial charge in [-0.15, -0.1) is 10.2 Å². The number of hydrogen-bond acceptors (Lipinski definition) is 6. The lowest BCUT2D eigenvalue weighted by Gasteiger charge is -2.21. The highest BCUT2D eigenvalue weighted by molar-refractivity contribution is 7.90. The van der Waals surface area contributed by atoms with Gasteiger partial charge in [0.2, 0.25) is 14.9 Å². The van der Waals surface area contributed by atoms with Gasteiger partial charge in [-0.3, -0.25) is 0 Å². The van der Waals surface area contributed by atoms with Crippen molar-refractivity contribution >= 4 is 10.0 Å². The van der Waals surface area contributed by atoms with Crippen LogP contribution in [0.15, 0.2) is 44.6 Å². The lowest BCUT2D eigenvalue weighted by molar-refractivity contribution is 0.570. The van der Waals surface area contributed by atoms with Crippen LogP contribution in [-0.2, 0) is 10.0 Å². The molecule has 16 heavy (non-hydrogen) atoms. The van der Waals surface area contributed by atoms with Crippen molar-refractivity contribution in [3.05, 3.63) is 23.9 Å². The summed E-state index contributed by atoms with van der Waals surface area (Å²) in [5.41, 5.74) is 0.312. The number of allylic oxidation sites excluding steroid dienone is 1. The summed E-state index contributed by atoms with van der Waals surface area (Å²) in [6.07, 6.45) is 4.35. The van der Waals surface area contributed by atoms with Crippen molar-refractivity contribution in [1.29, 1.82) is 0 Å². The highest BCUT2D eigenvalue weighted by atomic mass is 32.2. The van der Waals surface area contributed by atoms with Crippen molar-refractivity contribution in [3.63, 3.8) is 0 Å². The minimum absolute atomic E-state index is 0.312. The van der Waals surface area contributed by atoms with Gasteiger partial charge in [0.05, 0.1) is 5.70 Å². The Bertz CT molecular complexity index is 473. The normalized spacial score (nSPS) is 26.4. The molecule has 0 heterocycles. The zero-order valence-corrected chi connectivity index (χ0v) is 9.00. The minimum Gasteiger partial charge on any atom is -0.305 e. The molecular formula is C6H11N7O2S. The highest BCUT2D eigenvalue weighted by Crippen LogP contribution is 2.28. The monoisotopic (exact) mass is 245 g/mol. The molecule has 6 N–H and O–H groups in total. The molecule has 0 spiro atoms. The summed E-state index contributed by atoms with van der Waals surface area (Å²) in [5, 5.41) is 18.0. The van der Waals surface area contributed by atoms with Gasteiger partial charge in [-0.05, 0) is 12.2 Å². The first-order valence-corrected chi connectivity index (χ1v) is 5.64. The number of primary sulfonamides is 1. The molecular weight excluding hydrogens is 234 g/mol. The molecule has 9 nitrogen and oxygen atoms in total. The van der Waals surface area contributed by atoms with Gasteiger partial charge in [0.1, 0.15) is 0 Å². The van der Waals surface area contributed by atoms with Gasteiger partial charge in [-0.1, -0.05) is 16.5 Å². The topological polar surface area (TPSA) is 162 Å². The van der Waals surface area contributed by atoms with Crippen LogP contribution in [0.25, 0.3) is 0 Å². The van der Waals surface area contributed by atoms with Crippen LogP contribution in [0.2, 0.25) is 0 Å². The Hall–Kier alpha value is -1.81. The van der Waals surface area contributed by atoms with Gasteiger partial charge < -0.3 is 11.7 Å². The Labute approximate surface area is 91.8 Å². The molecule has 0 amide bonds. The lowest BCUT2D eigenvalue weighted by atomic mass is 10.1. The second-order valence-corrected chi connectivity index (χ2v) is 4.71. The molecule has 1 aliphatic rings. The molecule has 1 rings (SSSR count). The molecule has 1 unspecified atom stereocenters. The van der Waals surface area contributed by atoms with Gasteiger partial charge in [0.25, 0.3) is 0 Å². The maximum Gasteiger partial charge on any atom is 0.244 e. The molecule has 0 aliphatic heterocycles. The van der Waals surface area contributed by atoms with Crippen LogP contribution in [0.4, 0.5) is 0 Å². The van der Waals surface area contributed by atoms with Crippen molar-refractivity contribution < 1.29 is 8.42 Å². The van der Waals surface area contributed by atoms with E-state index in [9.17, 15) is 8.42 Å². The summed E-state index contributed by atoms with van der Waals surface area (Å²) in [4.78, 5) is -1.83. The van der Waals surface area contributed by atoms with Crippen molar-refractivity contribution in [2.45, 2.75) is 11.3 Å². The zero-order chi connectivity index (χ0) is 12.2. The van der Waals surface area contributed by atoms with Crippen molar-refractivity contribution in [3.8, 4) is 0 Å². The van der Waals surface area contributed by atoms with Crippen LogP contribution in [0.3, 0.4) is 0 Å². The first-order chi connectivity index (χ1) is 7.45. The molecule has 0 aromatic carbocycles. The third-order valence-corrected chi connectivity index (χ3v) is 3.16. The third kappa shape index (κ3) is 2.23. The molecule has 1 atom stereocenters. The van der Waals surface area contributed by atoms with Gasteiger partial charge in [0, 0.05) is 6.42 Å². The lowest BCUT2D eigenvalue weighted by Crippen LogP contribution is -2.39. The molecule has 0 bridgehead atoms. The predicted octanol–water partition coefficient (Wildman–Crippen LogP) is -0.533. The van der Waals surface area contributed by atoms with E-state index in [1.807, 2.05) is 0 Å². The van der Waals surface area contributed by atoms with Crippen molar-refractivity contribution in [2.24, 2.45) is 37.5 Å². The molecule has 88 valence electrons. The minimum atomic E-state index is -4.05. The maximum atomic E-state index is 11.4. The Morgan fingerprint density at radius 3 is 2.50 bits per heavy atom. The van der Waals surface area contributed by atoms with E-state index in [1.165, 1.54) is 18.2 Å². The Balaban J connectivity index is 3.32. The third-order valence-electron chi connectivity index (χ3n) is 1.91. The summed E-state index contributed by atoms with van der Waals surface area (Å²) < 4.78 is 22.8. The number of nitrogens with zero attached hydrogens (tertiary/aromatic N) is 4. The Kier molecular flexibility index (Phi) is 3.34. The van der Waals surface area contributed by atoms with Gasteiger partial charge in [-0.2, -0.15) is 0 Å². The molecule has 0 saturated heterocycles. The van der Waals surface area contributed by atoms with Gasteiger partial charge in [-0.25, -0.2) is 13.6 Å². The fraction of sp³-hybridized carbons (Fsp3) is 0.333. The number of rotatable bonds is 3. The predicted molar refractivity (Wildman–Crippen MR) is 55.8 cm³/mol. The molecule has 0 aromatic heterocycles. The number of sulfonamides is 1. The largest absolute Gasteiger partial charge is 0.305 e. The van der Waals surface area contributed by atoms with E-state index in [-0.39, 0.29) is 0 Å². The van der Waals surface area contributed by atoms with E-state index < -0.39 is 14.9 Å². The van der Waals surface area contributed by atoms with E-state index >= 15 is 0 Å². The second kappa shape index (κ2) is 4.37. The van der Waals surface area contributed by atoms with Gasteiger partial charge in [0.15, 0.2) is 0 Å². The van der Waals surface area contributed by atoms with Crippen molar-refractivity contribution in [1.82, 2.24) is 0 Å². The first kappa shape index (κ1) is 12.3. The summed E-state index contributed by atoms with van der Waals surface area (Å²) in [7, 11) is -4.05. The SMILES string of the molecule is N/N=N/C1=CC(/N=N/N)(S(N)(=O)=O)C=CC1. The average molecular weight is 245 g/mol. The first-order valence-electron chi connectivity index (χ1n) is 4.10. The number of nitrogens with two attached hydrogens (primary N) is 3. The summed E-state index contributed by atoms with van der Waals surface area (Å²) in [5.74, 6) is 9.72. The Morgan fingerprint density at radius 2 is 2.00 bits per heavy atom. The molecule has 0 saturated carbocycles. The number of hydrogen-bond donors (Lipinski definition) is 3. The van der Waals surface area contributed by atoms with E-state index in [0.29, 0.717) is 12.1 Å². The second-order valence-electron chi connectivity index (χ2n) is 2.97. The van der Waals surface area contributed by atoms with E-state index in [1.54, 1.807) is 0 Å². The van der Waals surface area contributed by atoms with Crippen LogP contribution < -0.4 is 16.8 Å². The van der Waals surface area contributed by atoms with Crippen LogP contribution in [0.5, 0.6) is 0 Å². The molecule has 0 radical (unpaired) electrons. The van der Waals surface area contributed by atoms with Crippen LogP contribution in [0.1, 0.15) is 6.42 Å². The quantitative estimate of drug-likeness (QED) is 0.263. The summed E-state index contributed by atoms with van der Waals surface area (Å²) >= 11 is 0. The fourth-order valence-electron chi connectivity index (χ4n) is 1.22. The van der Waals surface area contributed by atoms with Crippen LogP contribution in [0, 0.1) is 0 Å². The highest BCUT2D eigenvalue weighted by Gasteiger charge is 2.39. The van der Waals surface area contributed by atoms with E-state index in [0.717, 1.165) is 0 Å². The van der Waals surface area contributed by atoms with Gasteiger partial charge >= 0.3 is 0 Å². The summed E-state index contributed by atoms with van der Waals surface area (Å²) in [6.45, 7) is 0. The van der Waals surface area contributed by atoms with Crippen LogP contribution in [-0.4, -0.2) is 13.3 Å².